The van der Waals surface area contributed by atoms with E-state index in [0.717, 1.165) is 33.5 Å². The van der Waals surface area contributed by atoms with E-state index in [4.69, 9.17) is 0 Å². The van der Waals surface area contributed by atoms with Gasteiger partial charge >= 0.3 is 6.18 Å². The molecule has 2 heterocycles. The molecule has 142 valence electrons. The number of aromatic nitrogens is 1. The van der Waals surface area contributed by atoms with E-state index in [-0.39, 0.29) is 12.1 Å². The maximum Gasteiger partial charge on any atom is 0.401 e. The number of rotatable bonds is 2. The van der Waals surface area contributed by atoms with Crippen LogP contribution in [0.5, 0.6) is 0 Å². The zero-order valence-corrected chi connectivity index (χ0v) is 14.5. The van der Waals surface area contributed by atoms with Crippen molar-refractivity contribution in [3.8, 4) is 0 Å². The van der Waals surface area contributed by atoms with Crippen molar-refractivity contribution in [3.05, 3.63) is 70.4 Å². The third-order valence-corrected chi connectivity index (χ3v) is 5.01. The summed E-state index contributed by atoms with van der Waals surface area (Å²) < 4.78 is 68.8. The van der Waals surface area contributed by atoms with Crippen LogP contribution in [0.2, 0.25) is 0 Å². The molecule has 1 N–H and O–H groups in total. The normalized spacial score (nSPS) is 18.1. The number of nitrogens with zero attached hydrogens (tertiary/aromatic N) is 1. The highest BCUT2D eigenvalue weighted by molar-refractivity contribution is 5.85. The van der Waals surface area contributed by atoms with Gasteiger partial charge in [-0.1, -0.05) is 18.2 Å². The van der Waals surface area contributed by atoms with Gasteiger partial charge in [0, 0.05) is 28.7 Å². The number of nitrogens with one attached hydrogen (secondary N) is 1. The molecule has 0 saturated heterocycles. The Balaban J connectivity index is 1.93. The third-order valence-electron chi connectivity index (χ3n) is 5.01. The lowest BCUT2D eigenvalue weighted by Gasteiger charge is -2.36. The molecule has 0 saturated carbocycles. The predicted octanol–water partition coefficient (Wildman–Crippen LogP) is 5.26. The summed E-state index contributed by atoms with van der Waals surface area (Å²) in [4.78, 5) is 4.20. The Bertz CT molecular complexity index is 982. The molecular formula is C20H17F5N2. The molecule has 0 bridgehead atoms. The van der Waals surface area contributed by atoms with E-state index in [2.05, 4.69) is 4.98 Å². The summed E-state index contributed by atoms with van der Waals surface area (Å²) in [6, 6.07) is 8.45. The molecule has 0 amide bonds. The van der Waals surface area contributed by atoms with Crippen LogP contribution in [-0.2, 0) is 6.42 Å². The smallest absolute Gasteiger partial charge is 0.357 e. The molecule has 1 atom stereocenters. The van der Waals surface area contributed by atoms with E-state index in [1.54, 1.807) is 19.1 Å². The largest absolute Gasteiger partial charge is 0.401 e. The average molecular weight is 380 g/mol. The molecule has 27 heavy (non-hydrogen) atoms. The van der Waals surface area contributed by atoms with Crippen LogP contribution in [0.25, 0.3) is 10.9 Å². The van der Waals surface area contributed by atoms with Crippen molar-refractivity contribution in [1.82, 2.24) is 9.88 Å². The number of halogens is 5. The number of benzene rings is 2. The highest BCUT2D eigenvalue weighted by Crippen LogP contribution is 2.41. The summed E-state index contributed by atoms with van der Waals surface area (Å²) in [7, 11) is 0. The zero-order chi connectivity index (χ0) is 19.3. The first kappa shape index (κ1) is 18.0. The van der Waals surface area contributed by atoms with Crippen LogP contribution < -0.4 is 0 Å². The second-order valence-corrected chi connectivity index (χ2v) is 6.94. The SMILES string of the molecule is Cc1cc(F)c([C@@H]2c3[nH]c4ccccc4c3CCN2CC(F)(F)F)c(F)c1. The van der Waals surface area contributed by atoms with Crippen LogP contribution >= 0.6 is 0 Å². The van der Waals surface area contributed by atoms with Gasteiger partial charge < -0.3 is 4.98 Å². The molecule has 0 aliphatic carbocycles. The van der Waals surface area contributed by atoms with Crippen molar-refractivity contribution >= 4 is 10.9 Å². The summed E-state index contributed by atoms with van der Waals surface area (Å²) in [6.45, 7) is 0.365. The lowest BCUT2D eigenvalue weighted by molar-refractivity contribution is -0.150. The van der Waals surface area contributed by atoms with Crippen LogP contribution in [0, 0.1) is 18.6 Å². The van der Waals surface area contributed by atoms with Gasteiger partial charge in [-0.15, -0.1) is 0 Å². The van der Waals surface area contributed by atoms with Crippen molar-refractivity contribution < 1.29 is 22.0 Å². The lowest BCUT2D eigenvalue weighted by atomic mass is 9.91. The maximum absolute atomic E-state index is 14.7. The van der Waals surface area contributed by atoms with Crippen LogP contribution in [0.15, 0.2) is 36.4 Å². The Morgan fingerprint density at radius 1 is 1.11 bits per heavy atom. The number of fused-ring (bicyclic) bond motifs is 3. The molecule has 0 unspecified atom stereocenters. The van der Waals surface area contributed by atoms with E-state index in [1.807, 2.05) is 12.1 Å². The lowest BCUT2D eigenvalue weighted by Crippen LogP contribution is -2.42. The van der Waals surface area contributed by atoms with Gasteiger partial charge in [0.2, 0.25) is 0 Å². The maximum atomic E-state index is 14.7. The minimum absolute atomic E-state index is 0.0613. The van der Waals surface area contributed by atoms with Gasteiger partial charge in [-0.25, -0.2) is 8.78 Å². The number of aryl methyl sites for hydroxylation is 1. The quantitative estimate of drug-likeness (QED) is 0.601. The molecular weight excluding hydrogens is 363 g/mol. The van der Waals surface area contributed by atoms with Crippen LogP contribution in [-0.4, -0.2) is 29.1 Å². The van der Waals surface area contributed by atoms with Crippen molar-refractivity contribution in [3.63, 3.8) is 0 Å². The summed E-state index contributed by atoms with van der Waals surface area (Å²) in [5.74, 6) is -1.67. The molecule has 3 aromatic rings. The van der Waals surface area contributed by atoms with E-state index in [9.17, 15) is 22.0 Å². The number of H-pyrrole nitrogens is 1. The van der Waals surface area contributed by atoms with E-state index in [1.165, 1.54) is 0 Å². The molecule has 4 rings (SSSR count). The van der Waals surface area contributed by atoms with Crippen LogP contribution in [0.1, 0.15) is 28.4 Å². The molecule has 2 nitrogen and oxygen atoms in total. The topological polar surface area (TPSA) is 19.0 Å². The molecule has 7 heteroatoms. The van der Waals surface area contributed by atoms with Gasteiger partial charge in [0.05, 0.1) is 12.6 Å². The van der Waals surface area contributed by atoms with Crippen molar-refractivity contribution in [2.24, 2.45) is 0 Å². The van der Waals surface area contributed by atoms with Gasteiger partial charge in [0.15, 0.2) is 0 Å². The van der Waals surface area contributed by atoms with Crippen LogP contribution in [0.4, 0.5) is 22.0 Å². The Morgan fingerprint density at radius 3 is 2.44 bits per heavy atom. The number of aromatic amines is 1. The number of para-hydroxylation sites is 1. The second kappa shape index (κ2) is 6.34. The van der Waals surface area contributed by atoms with E-state index < -0.39 is 30.4 Å². The third kappa shape index (κ3) is 3.20. The molecule has 0 radical (unpaired) electrons. The Kier molecular flexibility index (Phi) is 4.22. The standard InChI is InChI=1S/C20H17F5N2/c1-11-8-14(21)17(15(22)9-11)19-18-13(6-7-27(19)10-20(23,24)25)12-4-2-3-5-16(12)26-18/h2-5,8-9,19,26H,6-7,10H2,1H3/t19-/m1/s1. The first-order valence-corrected chi connectivity index (χ1v) is 8.60. The Labute approximate surface area is 152 Å². The van der Waals surface area contributed by atoms with E-state index in [0.29, 0.717) is 17.7 Å². The number of hydrogen-bond acceptors (Lipinski definition) is 1. The minimum atomic E-state index is -4.47. The number of alkyl halides is 3. The summed E-state index contributed by atoms with van der Waals surface area (Å²) in [5, 5.41) is 0.872. The number of hydrogen-bond donors (Lipinski definition) is 1. The summed E-state index contributed by atoms with van der Waals surface area (Å²) in [6.07, 6.45) is -4.10. The first-order chi connectivity index (χ1) is 12.7. The highest BCUT2D eigenvalue weighted by Gasteiger charge is 2.40. The van der Waals surface area contributed by atoms with Crippen molar-refractivity contribution in [2.45, 2.75) is 25.6 Å². The first-order valence-electron chi connectivity index (χ1n) is 8.60. The summed E-state index contributed by atoms with van der Waals surface area (Å²) in [5.41, 5.74) is 2.01. The van der Waals surface area contributed by atoms with Gasteiger partial charge in [-0.05, 0) is 42.7 Å². The molecule has 1 aliphatic heterocycles. The van der Waals surface area contributed by atoms with Gasteiger partial charge in [0.25, 0.3) is 0 Å². The molecule has 0 fully saturated rings. The fourth-order valence-corrected chi connectivity index (χ4v) is 3.99. The van der Waals surface area contributed by atoms with E-state index >= 15 is 0 Å². The Hall–Kier alpha value is -2.41. The van der Waals surface area contributed by atoms with Crippen molar-refractivity contribution in [2.75, 3.05) is 13.1 Å². The minimum Gasteiger partial charge on any atom is -0.357 e. The molecule has 1 aromatic heterocycles. The zero-order valence-electron chi connectivity index (χ0n) is 14.5. The summed E-state index contributed by atoms with van der Waals surface area (Å²) >= 11 is 0. The fraction of sp³-hybridized carbons (Fsp3) is 0.300. The second-order valence-electron chi connectivity index (χ2n) is 6.94. The molecule has 2 aromatic carbocycles. The predicted molar refractivity (Wildman–Crippen MR) is 92.6 cm³/mol. The van der Waals surface area contributed by atoms with Gasteiger partial charge in [0.1, 0.15) is 11.6 Å². The fourth-order valence-electron chi connectivity index (χ4n) is 3.99. The molecule has 1 aliphatic rings. The van der Waals surface area contributed by atoms with Crippen LogP contribution in [0.3, 0.4) is 0 Å². The van der Waals surface area contributed by atoms with Crippen molar-refractivity contribution in [1.29, 1.82) is 0 Å². The monoisotopic (exact) mass is 380 g/mol. The average Bonchev–Trinajstić information content (AvgIpc) is 2.93. The van der Waals surface area contributed by atoms with Gasteiger partial charge in [-0.2, -0.15) is 13.2 Å². The molecule has 0 spiro atoms. The van der Waals surface area contributed by atoms with Gasteiger partial charge in [-0.3, -0.25) is 4.90 Å². The Morgan fingerprint density at radius 2 is 1.78 bits per heavy atom. The highest BCUT2D eigenvalue weighted by atomic mass is 19.4.